The number of pyridine rings is 1. The first kappa shape index (κ1) is 15.7. The molecule has 0 aliphatic rings. The lowest BCUT2D eigenvalue weighted by atomic mass is 10.3. The standard InChI is InChI=1S/C17H21N4OS/c1-4-14-11-15-16(23-14)18-12-21(17(15)22)10-9-20-7-5-13(6-8-20)19(2)3/h5-8,11-12H,4,9-10H2,1-3H3/q+1. The van der Waals surface area contributed by atoms with Crippen LogP contribution in [0.2, 0.25) is 0 Å². The first-order valence-electron chi connectivity index (χ1n) is 7.72. The number of aryl methyl sites for hydroxylation is 3. The molecule has 6 heteroatoms. The minimum atomic E-state index is 0.0523. The minimum absolute atomic E-state index is 0.0523. The highest BCUT2D eigenvalue weighted by Gasteiger charge is 2.09. The zero-order chi connectivity index (χ0) is 16.4. The Kier molecular flexibility index (Phi) is 4.43. The normalized spacial score (nSPS) is 11.1. The highest BCUT2D eigenvalue weighted by Crippen LogP contribution is 2.20. The van der Waals surface area contributed by atoms with Gasteiger partial charge in [-0.2, -0.15) is 0 Å². The van der Waals surface area contributed by atoms with Crippen LogP contribution in [-0.4, -0.2) is 23.6 Å². The molecule has 0 aliphatic carbocycles. The lowest BCUT2D eigenvalue weighted by Gasteiger charge is -2.10. The van der Waals surface area contributed by atoms with Crippen molar-refractivity contribution in [1.29, 1.82) is 0 Å². The SMILES string of the molecule is CCc1cc2c(=O)n(CC[n+]3ccc(N(C)C)cc3)cnc2s1. The van der Waals surface area contributed by atoms with E-state index in [1.807, 2.05) is 32.6 Å². The molecule has 0 aromatic carbocycles. The Morgan fingerprint density at radius 1 is 1.30 bits per heavy atom. The van der Waals surface area contributed by atoms with Gasteiger partial charge < -0.3 is 4.90 Å². The number of thiophene rings is 1. The molecule has 0 unspecified atom stereocenters. The molecule has 3 heterocycles. The van der Waals surface area contributed by atoms with E-state index in [9.17, 15) is 4.79 Å². The van der Waals surface area contributed by atoms with E-state index in [0.717, 1.165) is 28.9 Å². The molecule has 0 N–H and O–H groups in total. The topological polar surface area (TPSA) is 42.0 Å². The summed E-state index contributed by atoms with van der Waals surface area (Å²) in [6, 6.07) is 6.11. The smallest absolute Gasteiger partial charge is 0.262 e. The van der Waals surface area contributed by atoms with E-state index in [2.05, 4.69) is 33.5 Å². The Balaban J connectivity index is 1.79. The molecule has 23 heavy (non-hydrogen) atoms. The van der Waals surface area contributed by atoms with Crippen molar-refractivity contribution in [1.82, 2.24) is 9.55 Å². The van der Waals surface area contributed by atoms with Crippen LogP contribution in [0.1, 0.15) is 11.8 Å². The molecule has 0 spiro atoms. The Hall–Kier alpha value is -2.21. The predicted octanol–water partition coefficient (Wildman–Crippen LogP) is 2.07. The zero-order valence-electron chi connectivity index (χ0n) is 13.7. The summed E-state index contributed by atoms with van der Waals surface area (Å²) in [4.78, 5) is 21.1. The van der Waals surface area contributed by atoms with Gasteiger partial charge in [0.05, 0.1) is 18.3 Å². The number of rotatable bonds is 5. The van der Waals surface area contributed by atoms with Gasteiger partial charge in [0.2, 0.25) is 0 Å². The maximum absolute atomic E-state index is 12.5. The van der Waals surface area contributed by atoms with Crippen LogP contribution in [0, 0.1) is 0 Å². The van der Waals surface area contributed by atoms with Gasteiger partial charge in [0.25, 0.3) is 5.56 Å². The minimum Gasteiger partial charge on any atom is -0.377 e. The van der Waals surface area contributed by atoms with Crippen molar-refractivity contribution in [3.8, 4) is 0 Å². The van der Waals surface area contributed by atoms with Crippen molar-refractivity contribution >= 4 is 27.2 Å². The fraction of sp³-hybridized carbons (Fsp3) is 0.353. The second-order valence-electron chi connectivity index (χ2n) is 5.72. The second-order valence-corrected chi connectivity index (χ2v) is 6.83. The van der Waals surface area contributed by atoms with Crippen molar-refractivity contribution < 1.29 is 4.57 Å². The van der Waals surface area contributed by atoms with Crippen LogP contribution in [0.25, 0.3) is 10.2 Å². The predicted molar refractivity (Wildman–Crippen MR) is 94.2 cm³/mol. The third-order valence-electron chi connectivity index (χ3n) is 3.91. The quantitative estimate of drug-likeness (QED) is 0.673. The summed E-state index contributed by atoms with van der Waals surface area (Å²) >= 11 is 1.60. The fourth-order valence-corrected chi connectivity index (χ4v) is 3.39. The number of aromatic nitrogens is 3. The summed E-state index contributed by atoms with van der Waals surface area (Å²) in [6.07, 6.45) is 6.67. The lowest BCUT2D eigenvalue weighted by Crippen LogP contribution is -2.37. The molecule has 3 aromatic rings. The van der Waals surface area contributed by atoms with Crippen LogP contribution in [0.15, 0.2) is 41.7 Å². The summed E-state index contributed by atoms with van der Waals surface area (Å²) in [5.74, 6) is 0. The molecule has 0 fully saturated rings. The van der Waals surface area contributed by atoms with E-state index < -0.39 is 0 Å². The average molecular weight is 329 g/mol. The Morgan fingerprint density at radius 2 is 2.04 bits per heavy atom. The number of nitrogens with zero attached hydrogens (tertiary/aromatic N) is 4. The van der Waals surface area contributed by atoms with E-state index in [1.165, 1.54) is 4.88 Å². The van der Waals surface area contributed by atoms with Crippen molar-refractivity contribution in [2.45, 2.75) is 26.4 Å². The molecule has 0 amide bonds. The molecule has 120 valence electrons. The maximum Gasteiger partial charge on any atom is 0.262 e. The zero-order valence-corrected chi connectivity index (χ0v) is 14.5. The number of fused-ring (bicyclic) bond motifs is 1. The molecule has 0 saturated carbocycles. The number of anilines is 1. The van der Waals surface area contributed by atoms with Gasteiger partial charge in [-0.15, -0.1) is 11.3 Å². The summed E-state index contributed by atoms with van der Waals surface area (Å²) in [7, 11) is 4.04. The van der Waals surface area contributed by atoms with E-state index in [0.29, 0.717) is 6.54 Å². The van der Waals surface area contributed by atoms with E-state index in [-0.39, 0.29) is 5.56 Å². The van der Waals surface area contributed by atoms with Gasteiger partial charge in [-0.05, 0) is 12.5 Å². The van der Waals surface area contributed by atoms with Crippen molar-refractivity contribution in [2.75, 3.05) is 19.0 Å². The molecule has 0 bridgehead atoms. The summed E-state index contributed by atoms with van der Waals surface area (Å²) < 4.78 is 3.77. The van der Waals surface area contributed by atoms with Gasteiger partial charge in [-0.3, -0.25) is 9.36 Å². The highest BCUT2D eigenvalue weighted by atomic mass is 32.1. The van der Waals surface area contributed by atoms with Crippen molar-refractivity contribution in [2.24, 2.45) is 0 Å². The molecule has 0 radical (unpaired) electrons. The largest absolute Gasteiger partial charge is 0.377 e. The first-order valence-corrected chi connectivity index (χ1v) is 8.54. The van der Waals surface area contributed by atoms with Crippen LogP contribution >= 0.6 is 11.3 Å². The van der Waals surface area contributed by atoms with Crippen LogP contribution < -0.4 is 15.0 Å². The van der Waals surface area contributed by atoms with Crippen LogP contribution in [0.4, 0.5) is 5.69 Å². The third-order valence-corrected chi connectivity index (χ3v) is 5.09. The Morgan fingerprint density at radius 3 is 2.70 bits per heavy atom. The summed E-state index contributed by atoms with van der Waals surface area (Å²) in [6.45, 7) is 3.45. The van der Waals surface area contributed by atoms with Crippen molar-refractivity contribution in [3.63, 3.8) is 0 Å². The monoisotopic (exact) mass is 329 g/mol. The van der Waals surface area contributed by atoms with Gasteiger partial charge in [0, 0.05) is 36.8 Å². The molecule has 3 aromatic heterocycles. The number of hydrogen-bond acceptors (Lipinski definition) is 4. The molecule has 5 nitrogen and oxygen atoms in total. The van der Waals surface area contributed by atoms with Gasteiger partial charge in [0.1, 0.15) is 4.83 Å². The fourth-order valence-electron chi connectivity index (χ4n) is 2.46. The summed E-state index contributed by atoms with van der Waals surface area (Å²) in [5, 5.41) is 0.738. The second kappa shape index (κ2) is 6.50. The molecule has 0 aliphatic heterocycles. The first-order chi connectivity index (χ1) is 11.1. The lowest BCUT2D eigenvalue weighted by molar-refractivity contribution is -0.698. The van der Waals surface area contributed by atoms with E-state index in [4.69, 9.17) is 0 Å². The van der Waals surface area contributed by atoms with Crippen LogP contribution in [-0.2, 0) is 19.5 Å². The van der Waals surface area contributed by atoms with E-state index in [1.54, 1.807) is 22.2 Å². The van der Waals surface area contributed by atoms with Gasteiger partial charge in [-0.1, -0.05) is 6.92 Å². The highest BCUT2D eigenvalue weighted by molar-refractivity contribution is 7.18. The molecular formula is C17H21N4OS+. The third kappa shape index (κ3) is 3.27. The molecule has 0 saturated heterocycles. The number of hydrogen-bond donors (Lipinski definition) is 0. The van der Waals surface area contributed by atoms with Gasteiger partial charge >= 0.3 is 0 Å². The molecule has 0 atom stereocenters. The van der Waals surface area contributed by atoms with Crippen LogP contribution in [0.5, 0.6) is 0 Å². The van der Waals surface area contributed by atoms with E-state index >= 15 is 0 Å². The Bertz CT molecular complexity index is 864. The Labute approximate surface area is 139 Å². The maximum atomic E-state index is 12.5. The van der Waals surface area contributed by atoms with Gasteiger partial charge in [-0.25, -0.2) is 9.55 Å². The van der Waals surface area contributed by atoms with Crippen molar-refractivity contribution in [3.05, 3.63) is 52.2 Å². The van der Waals surface area contributed by atoms with Crippen LogP contribution in [0.3, 0.4) is 0 Å². The van der Waals surface area contributed by atoms with Gasteiger partial charge in [0.15, 0.2) is 18.9 Å². The molecule has 3 rings (SSSR count). The molecular weight excluding hydrogens is 308 g/mol. The average Bonchev–Trinajstić information content (AvgIpc) is 2.99. The summed E-state index contributed by atoms with van der Waals surface area (Å²) in [5.41, 5.74) is 1.21.